The van der Waals surface area contributed by atoms with Gasteiger partial charge in [0.1, 0.15) is 13.2 Å². The van der Waals surface area contributed by atoms with Crippen LogP contribution >= 0.6 is 7.82 Å². The Hall–Kier alpha value is -4.40. The van der Waals surface area contributed by atoms with Crippen molar-refractivity contribution in [3.8, 4) is 0 Å². The first-order valence-corrected chi connectivity index (χ1v) is 33.2. The van der Waals surface area contributed by atoms with Gasteiger partial charge < -0.3 is 19.8 Å². The summed E-state index contributed by atoms with van der Waals surface area (Å²) in [6, 6.07) is -0.898. The molecular formula is C72H118N2O6P+. The molecular weight excluding hydrogens is 1020 g/mol. The molecule has 456 valence electrons. The Morgan fingerprint density at radius 1 is 0.432 bits per heavy atom. The highest BCUT2D eigenvalue weighted by Crippen LogP contribution is 2.43. The Morgan fingerprint density at radius 3 is 1.14 bits per heavy atom. The second kappa shape index (κ2) is 60.2. The van der Waals surface area contributed by atoms with Crippen molar-refractivity contribution in [2.24, 2.45) is 0 Å². The van der Waals surface area contributed by atoms with Gasteiger partial charge in [0.25, 0.3) is 0 Å². The number of amides is 1. The molecule has 0 aromatic heterocycles. The molecule has 0 aromatic carbocycles. The lowest BCUT2D eigenvalue weighted by Crippen LogP contribution is -2.45. The third-order valence-electron chi connectivity index (χ3n) is 12.8. The van der Waals surface area contributed by atoms with E-state index in [1.165, 1.54) is 57.8 Å². The second-order valence-corrected chi connectivity index (χ2v) is 23.1. The van der Waals surface area contributed by atoms with Crippen molar-refractivity contribution in [1.82, 2.24) is 5.32 Å². The summed E-state index contributed by atoms with van der Waals surface area (Å²) in [6.07, 6.45) is 97.3. The molecule has 0 aromatic rings. The molecule has 0 aliphatic heterocycles. The van der Waals surface area contributed by atoms with E-state index in [0.29, 0.717) is 17.4 Å². The summed E-state index contributed by atoms with van der Waals surface area (Å²) in [5.41, 5.74) is 0. The summed E-state index contributed by atoms with van der Waals surface area (Å²) in [4.78, 5) is 23.3. The maximum atomic E-state index is 13.0. The van der Waals surface area contributed by atoms with E-state index in [1.54, 1.807) is 6.08 Å². The zero-order chi connectivity index (χ0) is 59.1. The van der Waals surface area contributed by atoms with Crippen LogP contribution in [0.4, 0.5) is 0 Å². The number of carbonyl (C=O) groups excluding carboxylic acids is 1. The van der Waals surface area contributed by atoms with Gasteiger partial charge in [0.15, 0.2) is 0 Å². The summed E-state index contributed by atoms with van der Waals surface area (Å²) < 4.78 is 23.7. The van der Waals surface area contributed by atoms with Crippen LogP contribution in [0.15, 0.2) is 182 Å². The third kappa shape index (κ3) is 63.0. The van der Waals surface area contributed by atoms with Crippen molar-refractivity contribution < 1.29 is 32.9 Å². The maximum Gasteiger partial charge on any atom is 0.472 e. The monoisotopic (exact) mass is 1140 g/mol. The van der Waals surface area contributed by atoms with Crippen LogP contribution in [0.1, 0.15) is 213 Å². The van der Waals surface area contributed by atoms with Crippen molar-refractivity contribution in [3.63, 3.8) is 0 Å². The van der Waals surface area contributed by atoms with E-state index in [1.807, 2.05) is 27.2 Å². The van der Waals surface area contributed by atoms with Gasteiger partial charge in [-0.15, -0.1) is 0 Å². The lowest BCUT2D eigenvalue weighted by Gasteiger charge is -2.25. The number of rotatable bonds is 55. The number of hydrogen-bond acceptors (Lipinski definition) is 5. The highest BCUT2D eigenvalue weighted by molar-refractivity contribution is 7.47. The molecule has 0 saturated carbocycles. The SMILES string of the molecule is CC/C=C\C/C=C\C/C=C\C/C=C\C/C=C\C/C=C\C/C=C\C/C=C\C/C=C\C/C=C\C/C=C\C/C=C\CCCCCCC(=O)NC(COP(=O)(O)OCC[N+](C)(C)C)C(O)/C=C/CC/C=C/CC/C=C/CCCCCCCCCC. The third-order valence-corrected chi connectivity index (χ3v) is 13.8. The van der Waals surface area contributed by atoms with Gasteiger partial charge in [-0.25, -0.2) is 4.57 Å². The zero-order valence-corrected chi connectivity index (χ0v) is 52.8. The van der Waals surface area contributed by atoms with E-state index in [-0.39, 0.29) is 19.1 Å². The molecule has 0 radical (unpaired) electrons. The lowest BCUT2D eigenvalue weighted by atomic mass is 10.1. The first-order chi connectivity index (χ1) is 39.5. The number of phosphoric ester groups is 1. The molecule has 0 rings (SSSR count). The van der Waals surface area contributed by atoms with E-state index >= 15 is 0 Å². The van der Waals surface area contributed by atoms with E-state index in [0.717, 1.165) is 135 Å². The van der Waals surface area contributed by atoms with Crippen LogP contribution in [0.2, 0.25) is 0 Å². The highest BCUT2D eigenvalue weighted by Gasteiger charge is 2.27. The number of unbranched alkanes of at least 4 members (excludes halogenated alkanes) is 14. The van der Waals surface area contributed by atoms with Crippen LogP contribution in [0.5, 0.6) is 0 Å². The Labute approximate surface area is 497 Å². The number of quaternary nitrogens is 1. The van der Waals surface area contributed by atoms with Crippen LogP contribution in [0.25, 0.3) is 0 Å². The Bertz CT molecular complexity index is 1970. The summed E-state index contributed by atoms with van der Waals surface area (Å²) in [5, 5.41) is 13.9. The molecule has 0 saturated heterocycles. The van der Waals surface area contributed by atoms with Gasteiger partial charge in [0.05, 0.1) is 39.9 Å². The van der Waals surface area contributed by atoms with E-state index < -0.39 is 20.0 Å². The number of allylic oxidation sites excluding steroid dienone is 29. The number of aliphatic hydroxyl groups is 1. The molecule has 0 spiro atoms. The van der Waals surface area contributed by atoms with Crippen molar-refractivity contribution >= 4 is 13.7 Å². The fourth-order valence-corrected chi connectivity index (χ4v) is 8.67. The van der Waals surface area contributed by atoms with E-state index in [2.05, 4.69) is 189 Å². The van der Waals surface area contributed by atoms with Crippen molar-refractivity contribution in [2.75, 3.05) is 40.9 Å². The normalized spacial score (nSPS) is 15.0. The van der Waals surface area contributed by atoms with Gasteiger partial charge in [-0.1, -0.05) is 254 Å². The van der Waals surface area contributed by atoms with Crippen molar-refractivity contribution in [1.29, 1.82) is 0 Å². The summed E-state index contributed by atoms with van der Waals surface area (Å²) >= 11 is 0. The fraction of sp³-hybridized carbons (Fsp3) is 0.569. The zero-order valence-electron chi connectivity index (χ0n) is 51.9. The summed E-state index contributed by atoms with van der Waals surface area (Å²) in [5.74, 6) is -0.223. The minimum absolute atomic E-state index is 0.0382. The molecule has 8 nitrogen and oxygen atoms in total. The molecule has 3 unspecified atom stereocenters. The van der Waals surface area contributed by atoms with Gasteiger partial charge in [-0.05, 0) is 135 Å². The minimum atomic E-state index is -4.38. The quantitative estimate of drug-likeness (QED) is 0.0243. The molecule has 0 heterocycles. The number of phosphoric acid groups is 1. The largest absolute Gasteiger partial charge is 0.472 e. The van der Waals surface area contributed by atoms with Crippen LogP contribution in [-0.2, 0) is 18.4 Å². The Balaban J connectivity index is 4.27. The maximum absolute atomic E-state index is 13.0. The predicted octanol–water partition coefficient (Wildman–Crippen LogP) is 20.1. The van der Waals surface area contributed by atoms with Crippen molar-refractivity contribution in [2.45, 2.75) is 225 Å². The Kier molecular flexibility index (Phi) is 56.9. The molecule has 0 aliphatic rings. The van der Waals surface area contributed by atoms with Gasteiger partial charge in [-0.3, -0.25) is 13.8 Å². The van der Waals surface area contributed by atoms with E-state index in [9.17, 15) is 19.4 Å². The molecule has 0 fully saturated rings. The van der Waals surface area contributed by atoms with E-state index in [4.69, 9.17) is 9.05 Å². The molecule has 3 atom stereocenters. The van der Waals surface area contributed by atoms with Crippen LogP contribution < -0.4 is 5.32 Å². The number of hydrogen-bond donors (Lipinski definition) is 3. The number of aliphatic hydroxyl groups excluding tert-OH is 1. The first-order valence-electron chi connectivity index (χ1n) is 31.7. The van der Waals surface area contributed by atoms with Gasteiger partial charge in [0, 0.05) is 6.42 Å². The fourth-order valence-electron chi connectivity index (χ4n) is 7.94. The average Bonchev–Trinajstić information content (AvgIpc) is 3.43. The lowest BCUT2D eigenvalue weighted by molar-refractivity contribution is -0.870. The van der Waals surface area contributed by atoms with Gasteiger partial charge in [0.2, 0.25) is 5.91 Å². The standard InChI is InChI=1S/C72H117N2O6P/c1-6-8-10-12-14-16-18-20-22-24-26-27-28-29-30-31-32-33-34-35-36-37-38-39-40-41-42-43-44-45-46-47-48-50-52-54-56-58-60-62-64-66-72(76)73-70(69-80-81(77,78)79-68-67-74(3,4)5)71(75)65-63-61-59-57-55-53-51-49-25-23-21-19-17-15-13-11-9-7-2/h8,10,14,16,20,22,25-27,29-30,32-33,35-36,38-39,41-42,44-45,47-49,52,54-55,57,63,65,70-71,75H,6-7,9,11-13,15,17-19,21,23-24,28,31,34,37,40,43,46,50-51,53,56,58-62,64,66-69H2,1-5H3,(H-,73,76,77,78)/p+1/b10-8-,16-14-,22-20-,27-26-,30-29-,33-32-,36-35-,39-38-,42-41-,45-44-,48-47-,49-25+,54-52-,57-55+,65-63+. The molecule has 0 aliphatic carbocycles. The average molecular weight is 1140 g/mol. The van der Waals surface area contributed by atoms with Crippen molar-refractivity contribution in [3.05, 3.63) is 182 Å². The van der Waals surface area contributed by atoms with Crippen LogP contribution in [0.3, 0.4) is 0 Å². The molecule has 9 heteroatoms. The number of likely N-dealkylation sites (N-methyl/N-ethyl adjacent to an activating group) is 1. The molecule has 81 heavy (non-hydrogen) atoms. The molecule has 3 N–H and O–H groups in total. The summed E-state index contributed by atoms with van der Waals surface area (Å²) in [7, 11) is 1.50. The summed E-state index contributed by atoms with van der Waals surface area (Å²) in [6.45, 7) is 4.62. The molecule has 1 amide bonds. The van der Waals surface area contributed by atoms with Gasteiger partial charge in [-0.2, -0.15) is 0 Å². The first kappa shape index (κ1) is 76.6. The topological polar surface area (TPSA) is 105 Å². The van der Waals surface area contributed by atoms with Gasteiger partial charge >= 0.3 is 7.82 Å². The molecule has 0 bridgehead atoms. The number of nitrogens with zero attached hydrogens (tertiary/aromatic N) is 1. The van der Waals surface area contributed by atoms with Crippen LogP contribution in [-0.4, -0.2) is 73.4 Å². The van der Waals surface area contributed by atoms with Crippen LogP contribution in [0, 0.1) is 0 Å². The smallest absolute Gasteiger partial charge is 0.387 e. The second-order valence-electron chi connectivity index (χ2n) is 21.7. The predicted molar refractivity (Wildman–Crippen MR) is 354 cm³/mol. The highest BCUT2D eigenvalue weighted by atomic mass is 31.2. The minimum Gasteiger partial charge on any atom is -0.387 e. The Morgan fingerprint density at radius 2 is 0.753 bits per heavy atom. The number of carbonyl (C=O) groups is 1. The number of nitrogens with one attached hydrogen (secondary N) is 1.